The van der Waals surface area contributed by atoms with Gasteiger partial charge in [0.1, 0.15) is 23.9 Å². The Morgan fingerprint density at radius 1 is 1.06 bits per heavy atom. The van der Waals surface area contributed by atoms with Gasteiger partial charge in [0.25, 0.3) is 11.7 Å². The van der Waals surface area contributed by atoms with Crippen LogP contribution in [0.4, 0.5) is 0 Å². The SMILES string of the molecule is C=CCOc1ccc(C(O)=C2C(=O)C(=O)N(CCN(CC)CC)C2c2cccc(OCC)c2)cc1. The third-order valence-electron chi connectivity index (χ3n) is 6.07. The highest BCUT2D eigenvalue weighted by Gasteiger charge is 2.46. The fourth-order valence-electron chi connectivity index (χ4n) is 4.21. The van der Waals surface area contributed by atoms with Crippen LogP contribution in [0.2, 0.25) is 0 Å². The number of hydrogen-bond donors (Lipinski definition) is 1. The van der Waals surface area contributed by atoms with Crippen molar-refractivity contribution in [2.24, 2.45) is 0 Å². The van der Waals surface area contributed by atoms with Crippen molar-refractivity contribution in [3.8, 4) is 11.5 Å². The molecule has 0 aromatic heterocycles. The van der Waals surface area contributed by atoms with E-state index < -0.39 is 17.7 Å². The molecule has 0 radical (unpaired) electrons. The van der Waals surface area contributed by atoms with Crippen molar-refractivity contribution in [3.05, 3.63) is 77.9 Å². The van der Waals surface area contributed by atoms with E-state index in [2.05, 4.69) is 25.3 Å². The molecule has 2 aromatic rings. The van der Waals surface area contributed by atoms with Crippen molar-refractivity contribution in [1.29, 1.82) is 0 Å². The van der Waals surface area contributed by atoms with Crippen molar-refractivity contribution in [1.82, 2.24) is 9.80 Å². The lowest BCUT2D eigenvalue weighted by Gasteiger charge is -2.28. The highest BCUT2D eigenvalue weighted by atomic mass is 16.5. The number of likely N-dealkylation sites (tertiary alicyclic amines) is 1. The van der Waals surface area contributed by atoms with E-state index in [1.54, 1.807) is 35.2 Å². The summed E-state index contributed by atoms with van der Waals surface area (Å²) in [6.07, 6.45) is 1.64. The lowest BCUT2D eigenvalue weighted by atomic mass is 9.95. The summed E-state index contributed by atoms with van der Waals surface area (Å²) in [5.41, 5.74) is 1.22. The van der Waals surface area contributed by atoms with E-state index in [1.165, 1.54) is 0 Å². The number of aliphatic hydroxyl groups excluding tert-OH is 1. The molecule has 1 amide bonds. The maximum Gasteiger partial charge on any atom is 0.295 e. The number of carbonyl (C=O) groups excluding carboxylic acids is 2. The van der Waals surface area contributed by atoms with Crippen molar-refractivity contribution in [3.63, 3.8) is 0 Å². The number of rotatable bonds is 12. The maximum absolute atomic E-state index is 13.2. The van der Waals surface area contributed by atoms with Gasteiger partial charge >= 0.3 is 0 Å². The van der Waals surface area contributed by atoms with Crippen LogP contribution in [0.25, 0.3) is 5.76 Å². The molecular weight excluding hydrogens is 444 g/mol. The third kappa shape index (κ3) is 5.92. The first-order valence-corrected chi connectivity index (χ1v) is 12.0. The lowest BCUT2D eigenvalue weighted by Crippen LogP contribution is -2.38. The number of Topliss-reactive ketones (excluding diaryl/α,β-unsaturated/α-hetero) is 1. The minimum absolute atomic E-state index is 0.0722. The quantitative estimate of drug-likeness (QED) is 0.211. The zero-order valence-corrected chi connectivity index (χ0v) is 20.7. The molecule has 0 bridgehead atoms. The molecule has 3 rings (SSSR count). The highest BCUT2D eigenvalue weighted by Crippen LogP contribution is 2.40. The fraction of sp³-hybridized carbons (Fsp3) is 0.357. The molecule has 0 aliphatic carbocycles. The molecule has 7 nitrogen and oxygen atoms in total. The molecule has 1 fully saturated rings. The van der Waals surface area contributed by atoms with Crippen LogP contribution in [0.15, 0.2) is 66.8 Å². The summed E-state index contributed by atoms with van der Waals surface area (Å²) < 4.78 is 11.2. The number of likely N-dealkylation sites (N-methyl/N-ethyl adjacent to an activating group) is 1. The minimum atomic E-state index is -0.720. The normalized spacial score (nSPS) is 17.1. The van der Waals surface area contributed by atoms with E-state index in [1.807, 2.05) is 31.2 Å². The molecule has 1 atom stereocenters. The maximum atomic E-state index is 13.2. The van der Waals surface area contributed by atoms with Crippen LogP contribution >= 0.6 is 0 Å². The first kappa shape index (κ1) is 26.0. The largest absolute Gasteiger partial charge is 0.507 e. The molecular formula is C28H34N2O5. The van der Waals surface area contributed by atoms with Crippen molar-refractivity contribution in [2.75, 3.05) is 39.4 Å². The number of ether oxygens (including phenoxy) is 2. The molecule has 7 heteroatoms. The zero-order chi connectivity index (χ0) is 25.4. The summed E-state index contributed by atoms with van der Waals surface area (Å²) >= 11 is 0. The summed E-state index contributed by atoms with van der Waals surface area (Å²) in [4.78, 5) is 30.1. The molecule has 0 spiro atoms. The van der Waals surface area contributed by atoms with Crippen molar-refractivity contribution < 1.29 is 24.2 Å². The minimum Gasteiger partial charge on any atom is -0.507 e. The lowest BCUT2D eigenvalue weighted by molar-refractivity contribution is -0.140. The van der Waals surface area contributed by atoms with Crippen LogP contribution < -0.4 is 9.47 Å². The zero-order valence-electron chi connectivity index (χ0n) is 20.7. The van der Waals surface area contributed by atoms with Gasteiger partial charge in [-0.2, -0.15) is 0 Å². The van der Waals surface area contributed by atoms with E-state index in [0.29, 0.717) is 48.9 Å². The number of hydrogen-bond acceptors (Lipinski definition) is 6. The number of amides is 1. The summed E-state index contributed by atoms with van der Waals surface area (Å²) in [5.74, 6) is -0.266. The predicted octanol–water partition coefficient (Wildman–Crippen LogP) is 4.41. The Hall–Kier alpha value is -3.58. The molecule has 1 aliphatic rings. The van der Waals surface area contributed by atoms with Crippen LogP contribution in [0, 0.1) is 0 Å². The van der Waals surface area contributed by atoms with Crippen LogP contribution in [-0.2, 0) is 9.59 Å². The Labute approximate surface area is 207 Å². The third-order valence-corrected chi connectivity index (χ3v) is 6.07. The first-order valence-electron chi connectivity index (χ1n) is 12.0. The Morgan fingerprint density at radius 2 is 1.77 bits per heavy atom. The van der Waals surface area contributed by atoms with Crippen LogP contribution in [0.5, 0.6) is 11.5 Å². The fourth-order valence-corrected chi connectivity index (χ4v) is 4.21. The van der Waals surface area contributed by atoms with Gasteiger partial charge in [0.2, 0.25) is 0 Å². The number of carbonyl (C=O) groups is 2. The van der Waals surface area contributed by atoms with Crippen LogP contribution in [0.1, 0.15) is 37.9 Å². The number of ketones is 1. The van der Waals surface area contributed by atoms with Gasteiger partial charge in [-0.15, -0.1) is 0 Å². The summed E-state index contributed by atoms with van der Waals surface area (Å²) in [7, 11) is 0. The number of nitrogens with zero attached hydrogens (tertiary/aromatic N) is 2. The van der Waals surface area contributed by atoms with E-state index in [9.17, 15) is 14.7 Å². The topological polar surface area (TPSA) is 79.3 Å². The second-order valence-corrected chi connectivity index (χ2v) is 8.15. The van der Waals surface area contributed by atoms with Gasteiger partial charge in [0.15, 0.2) is 0 Å². The molecule has 35 heavy (non-hydrogen) atoms. The van der Waals surface area contributed by atoms with Gasteiger partial charge < -0.3 is 24.4 Å². The molecule has 1 aliphatic heterocycles. The molecule has 0 saturated carbocycles. The van der Waals surface area contributed by atoms with Gasteiger partial charge in [-0.25, -0.2) is 0 Å². The van der Waals surface area contributed by atoms with Crippen LogP contribution in [-0.4, -0.2) is 66.0 Å². The summed E-state index contributed by atoms with van der Waals surface area (Å²) in [5, 5.41) is 11.2. The standard InChI is InChI=1S/C28H34N2O5/c1-5-18-35-22-14-12-20(13-15-22)26(31)24-25(21-10-9-11-23(19-21)34-8-4)30(28(33)27(24)32)17-16-29(6-2)7-3/h5,9-15,19,25,31H,1,6-8,16-18H2,2-4H3. The average molecular weight is 479 g/mol. The summed E-state index contributed by atoms with van der Waals surface area (Å²) in [6.45, 7) is 13.2. The Bertz CT molecular complexity index is 1070. The van der Waals surface area contributed by atoms with E-state index in [-0.39, 0.29) is 11.3 Å². The molecule has 1 heterocycles. The Balaban J connectivity index is 2.06. The molecule has 1 N–H and O–H groups in total. The van der Waals surface area contributed by atoms with Crippen molar-refractivity contribution >= 4 is 17.4 Å². The van der Waals surface area contributed by atoms with Crippen LogP contribution in [0.3, 0.4) is 0 Å². The van der Waals surface area contributed by atoms with Gasteiger partial charge in [-0.05, 0) is 62.0 Å². The van der Waals surface area contributed by atoms with Gasteiger partial charge in [0.05, 0.1) is 18.2 Å². The summed E-state index contributed by atoms with van der Waals surface area (Å²) in [6, 6.07) is 13.4. The molecule has 186 valence electrons. The first-order chi connectivity index (χ1) is 16.9. The number of aliphatic hydroxyl groups is 1. The van der Waals surface area contributed by atoms with Crippen molar-refractivity contribution in [2.45, 2.75) is 26.8 Å². The predicted molar refractivity (Wildman–Crippen MR) is 137 cm³/mol. The van der Waals surface area contributed by atoms with E-state index >= 15 is 0 Å². The second kappa shape index (κ2) is 12.2. The molecule has 1 unspecified atom stereocenters. The Kier molecular flexibility index (Phi) is 9.09. The monoisotopic (exact) mass is 478 g/mol. The molecule has 1 saturated heterocycles. The van der Waals surface area contributed by atoms with Gasteiger partial charge in [0, 0.05) is 18.7 Å². The van der Waals surface area contributed by atoms with E-state index in [4.69, 9.17) is 9.47 Å². The molecule has 2 aromatic carbocycles. The van der Waals surface area contributed by atoms with Gasteiger partial charge in [-0.1, -0.05) is 38.6 Å². The second-order valence-electron chi connectivity index (χ2n) is 8.15. The average Bonchev–Trinajstić information content (AvgIpc) is 3.13. The smallest absolute Gasteiger partial charge is 0.295 e. The van der Waals surface area contributed by atoms with Gasteiger partial charge in [-0.3, -0.25) is 9.59 Å². The van der Waals surface area contributed by atoms with E-state index in [0.717, 1.165) is 13.1 Å². The number of benzene rings is 2. The Morgan fingerprint density at radius 3 is 2.40 bits per heavy atom. The highest BCUT2D eigenvalue weighted by molar-refractivity contribution is 6.46.